The Balaban J connectivity index is 2.47. The van der Waals surface area contributed by atoms with E-state index in [-0.39, 0.29) is 6.42 Å². The highest BCUT2D eigenvalue weighted by atomic mass is 16.4. The molecule has 0 saturated heterocycles. The van der Waals surface area contributed by atoms with E-state index in [0.29, 0.717) is 5.69 Å². The number of carbonyl (C=O) groups is 1. The summed E-state index contributed by atoms with van der Waals surface area (Å²) >= 11 is 0. The lowest BCUT2D eigenvalue weighted by atomic mass is 9.89. The molecule has 0 fully saturated rings. The SMILES string of the molecule is Cc1ccc2c(c1)[C@H](C(=O)O)C[C@@H](O)N2. The van der Waals surface area contributed by atoms with Crippen molar-refractivity contribution in [1.29, 1.82) is 0 Å². The van der Waals surface area contributed by atoms with Crippen molar-refractivity contribution in [2.75, 3.05) is 5.32 Å². The summed E-state index contributed by atoms with van der Waals surface area (Å²) in [4.78, 5) is 11.0. The zero-order valence-electron chi connectivity index (χ0n) is 8.40. The largest absolute Gasteiger partial charge is 0.481 e. The molecule has 2 atom stereocenters. The van der Waals surface area contributed by atoms with Crippen LogP contribution in [0.3, 0.4) is 0 Å². The summed E-state index contributed by atoms with van der Waals surface area (Å²) in [7, 11) is 0. The number of hydrogen-bond acceptors (Lipinski definition) is 3. The number of rotatable bonds is 1. The number of nitrogens with one attached hydrogen (secondary N) is 1. The number of benzene rings is 1. The van der Waals surface area contributed by atoms with Crippen LogP contribution in [0.15, 0.2) is 18.2 Å². The molecule has 0 aliphatic carbocycles. The molecule has 0 amide bonds. The van der Waals surface area contributed by atoms with Gasteiger partial charge in [0.1, 0.15) is 6.23 Å². The second-order valence-corrected chi connectivity index (χ2v) is 3.88. The minimum Gasteiger partial charge on any atom is -0.481 e. The van der Waals surface area contributed by atoms with Gasteiger partial charge >= 0.3 is 5.97 Å². The molecule has 0 spiro atoms. The van der Waals surface area contributed by atoms with Crippen LogP contribution in [-0.4, -0.2) is 22.4 Å². The average molecular weight is 207 g/mol. The van der Waals surface area contributed by atoms with E-state index in [9.17, 15) is 9.90 Å². The van der Waals surface area contributed by atoms with Gasteiger partial charge in [0.15, 0.2) is 0 Å². The van der Waals surface area contributed by atoms with E-state index in [0.717, 1.165) is 11.1 Å². The Labute approximate surface area is 87.6 Å². The quantitative estimate of drug-likeness (QED) is 0.649. The molecule has 0 unspecified atom stereocenters. The summed E-state index contributed by atoms with van der Waals surface area (Å²) in [6.45, 7) is 1.92. The van der Waals surface area contributed by atoms with Gasteiger partial charge in [-0.15, -0.1) is 0 Å². The number of carboxylic acid groups (broad SMARTS) is 1. The zero-order chi connectivity index (χ0) is 11.0. The Bertz CT molecular complexity index is 403. The average Bonchev–Trinajstić information content (AvgIpc) is 2.17. The Hall–Kier alpha value is -1.55. The number of aryl methyl sites for hydroxylation is 1. The lowest BCUT2D eigenvalue weighted by Gasteiger charge is -2.28. The third-order valence-electron chi connectivity index (χ3n) is 2.66. The Morgan fingerprint density at radius 3 is 2.93 bits per heavy atom. The smallest absolute Gasteiger partial charge is 0.311 e. The van der Waals surface area contributed by atoms with Gasteiger partial charge in [-0.3, -0.25) is 4.79 Å². The van der Waals surface area contributed by atoms with E-state index < -0.39 is 18.1 Å². The fourth-order valence-corrected chi connectivity index (χ4v) is 1.92. The summed E-state index contributed by atoms with van der Waals surface area (Å²) in [6.07, 6.45) is -0.562. The maximum absolute atomic E-state index is 11.0. The van der Waals surface area contributed by atoms with Crippen molar-refractivity contribution in [3.05, 3.63) is 29.3 Å². The van der Waals surface area contributed by atoms with Gasteiger partial charge in [-0.05, 0) is 18.6 Å². The van der Waals surface area contributed by atoms with Crippen molar-refractivity contribution < 1.29 is 15.0 Å². The maximum Gasteiger partial charge on any atom is 0.311 e. The van der Waals surface area contributed by atoms with Crippen LogP contribution in [0.4, 0.5) is 5.69 Å². The second kappa shape index (κ2) is 3.55. The van der Waals surface area contributed by atoms with Crippen LogP contribution in [-0.2, 0) is 4.79 Å². The van der Waals surface area contributed by atoms with Crippen LogP contribution < -0.4 is 5.32 Å². The van der Waals surface area contributed by atoms with Gasteiger partial charge in [0, 0.05) is 12.1 Å². The lowest BCUT2D eigenvalue weighted by molar-refractivity contribution is -0.139. The van der Waals surface area contributed by atoms with Crippen molar-refractivity contribution in [2.24, 2.45) is 0 Å². The number of aliphatic carboxylic acids is 1. The third kappa shape index (κ3) is 1.80. The third-order valence-corrected chi connectivity index (χ3v) is 2.66. The van der Waals surface area contributed by atoms with Crippen LogP contribution in [0.1, 0.15) is 23.5 Å². The monoisotopic (exact) mass is 207 g/mol. The molecule has 15 heavy (non-hydrogen) atoms. The van der Waals surface area contributed by atoms with E-state index in [4.69, 9.17) is 5.11 Å². The highest BCUT2D eigenvalue weighted by Gasteiger charge is 2.30. The first kappa shape index (κ1) is 9.98. The molecule has 0 radical (unpaired) electrons. The summed E-state index contributed by atoms with van der Waals surface area (Å²) < 4.78 is 0. The molecule has 2 rings (SSSR count). The zero-order valence-corrected chi connectivity index (χ0v) is 8.40. The predicted molar refractivity (Wildman–Crippen MR) is 55.8 cm³/mol. The summed E-state index contributed by atoms with van der Waals surface area (Å²) in [6, 6.07) is 5.55. The van der Waals surface area contributed by atoms with E-state index in [1.54, 1.807) is 0 Å². The van der Waals surface area contributed by atoms with Crippen molar-refractivity contribution in [2.45, 2.75) is 25.5 Å². The Morgan fingerprint density at radius 1 is 1.53 bits per heavy atom. The molecule has 3 N–H and O–H groups in total. The molecule has 0 aromatic heterocycles. The van der Waals surface area contributed by atoms with Crippen molar-refractivity contribution in [3.8, 4) is 0 Å². The second-order valence-electron chi connectivity index (χ2n) is 3.88. The topological polar surface area (TPSA) is 69.6 Å². The van der Waals surface area contributed by atoms with Crippen LogP contribution >= 0.6 is 0 Å². The van der Waals surface area contributed by atoms with Crippen molar-refractivity contribution in [3.63, 3.8) is 0 Å². The molecule has 4 heteroatoms. The molecule has 1 aliphatic heterocycles. The molecule has 1 aliphatic rings. The van der Waals surface area contributed by atoms with E-state index in [1.165, 1.54) is 0 Å². The van der Waals surface area contributed by atoms with Crippen molar-refractivity contribution in [1.82, 2.24) is 0 Å². The maximum atomic E-state index is 11.0. The molecule has 1 aromatic rings. The van der Waals surface area contributed by atoms with Gasteiger partial charge in [0.2, 0.25) is 0 Å². The molecule has 0 bridgehead atoms. The summed E-state index contributed by atoms with van der Waals surface area (Å²) in [5, 5.41) is 21.4. The fraction of sp³-hybridized carbons (Fsp3) is 0.364. The Morgan fingerprint density at radius 2 is 2.27 bits per heavy atom. The minimum absolute atomic E-state index is 0.214. The van der Waals surface area contributed by atoms with Crippen molar-refractivity contribution >= 4 is 11.7 Å². The standard InChI is InChI=1S/C11H13NO3/c1-6-2-3-9-7(4-6)8(11(14)15)5-10(13)12-9/h2-4,8,10,12-13H,5H2,1H3,(H,14,15)/t8-,10-/m1/s1. The van der Waals surface area contributed by atoms with E-state index in [2.05, 4.69) is 5.32 Å². The molecular formula is C11H13NO3. The highest BCUT2D eigenvalue weighted by molar-refractivity contribution is 5.80. The van der Waals surface area contributed by atoms with Crippen LogP contribution in [0.25, 0.3) is 0 Å². The molecule has 4 nitrogen and oxygen atoms in total. The predicted octanol–water partition coefficient (Wildman–Crippen LogP) is 1.30. The molecule has 80 valence electrons. The van der Waals surface area contributed by atoms with E-state index >= 15 is 0 Å². The van der Waals surface area contributed by atoms with E-state index in [1.807, 2.05) is 25.1 Å². The number of aliphatic hydroxyl groups is 1. The normalized spacial score (nSPS) is 24.1. The minimum atomic E-state index is -0.887. The highest BCUT2D eigenvalue weighted by Crippen LogP contribution is 2.34. The number of carboxylic acids is 1. The number of fused-ring (bicyclic) bond motifs is 1. The van der Waals surface area contributed by atoms with Crippen LogP contribution in [0.2, 0.25) is 0 Å². The van der Waals surface area contributed by atoms with Crippen LogP contribution in [0, 0.1) is 6.92 Å². The summed E-state index contributed by atoms with van der Waals surface area (Å²) in [5.74, 6) is -1.50. The van der Waals surface area contributed by atoms with Gasteiger partial charge in [0.05, 0.1) is 5.92 Å². The van der Waals surface area contributed by atoms with Gasteiger partial charge in [-0.2, -0.15) is 0 Å². The van der Waals surface area contributed by atoms with Gasteiger partial charge in [0.25, 0.3) is 0 Å². The molecule has 1 heterocycles. The summed E-state index contributed by atoms with van der Waals surface area (Å²) in [5.41, 5.74) is 2.50. The van der Waals surface area contributed by atoms with Gasteiger partial charge < -0.3 is 15.5 Å². The molecular weight excluding hydrogens is 194 g/mol. The number of anilines is 1. The van der Waals surface area contributed by atoms with Gasteiger partial charge in [-0.25, -0.2) is 0 Å². The molecule has 0 saturated carbocycles. The van der Waals surface area contributed by atoms with Crippen LogP contribution in [0.5, 0.6) is 0 Å². The fourth-order valence-electron chi connectivity index (χ4n) is 1.92. The lowest BCUT2D eigenvalue weighted by Crippen LogP contribution is -2.31. The number of hydrogen-bond donors (Lipinski definition) is 3. The first-order chi connectivity index (χ1) is 7.08. The first-order valence-electron chi connectivity index (χ1n) is 4.86. The Kier molecular flexibility index (Phi) is 2.36. The number of aliphatic hydroxyl groups excluding tert-OH is 1. The van der Waals surface area contributed by atoms with Gasteiger partial charge in [-0.1, -0.05) is 17.7 Å². The molecule has 1 aromatic carbocycles. The first-order valence-corrected chi connectivity index (χ1v) is 4.86.